The van der Waals surface area contributed by atoms with Gasteiger partial charge in [0.05, 0.1) is 12.7 Å². The van der Waals surface area contributed by atoms with Crippen molar-refractivity contribution in [2.45, 2.75) is 44.8 Å². The minimum Gasteiger partial charge on any atom is -0.473 e. The standard InChI is InChI=1S/C27H33FN4O/c1-3-19(2)32-16-12-23-22-7-4-5-8-24(22)30-26(23)27(32)20-9-10-25(29-17-20)33-21-11-15-31(18-21)14-6-13-28/h4-5,7-10,17,21,27,30H,2-3,6,11-16,18H2,1H3/t21-,27-/m1/s1. The highest BCUT2D eigenvalue weighted by molar-refractivity contribution is 5.85. The van der Waals surface area contributed by atoms with E-state index in [1.165, 1.54) is 22.2 Å². The van der Waals surface area contributed by atoms with E-state index in [9.17, 15) is 4.39 Å². The van der Waals surface area contributed by atoms with Crippen molar-refractivity contribution in [3.05, 3.63) is 71.7 Å². The normalized spacial score (nSPS) is 20.8. The van der Waals surface area contributed by atoms with Gasteiger partial charge in [0.15, 0.2) is 0 Å². The van der Waals surface area contributed by atoms with E-state index in [0.717, 1.165) is 56.7 Å². The lowest BCUT2D eigenvalue weighted by atomic mass is 9.92. The number of nitrogens with one attached hydrogen (secondary N) is 1. The number of pyridine rings is 1. The molecule has 1 aromatic carbocycles. The van der Waals surface area contributed by atoms with Crippen LogP contribution in [0.4, 0.5) is 4.39 Å². The monoisotopic (exact) mass is 448 g/mol. The van der Waals surface area contributed by atoms with Crippen LogP contribution in [0.3, 0.4) is 0 Å². The minimum absolute atomic E-state index is 0.0674. The molecule has 0 aliphatic carbocycles. The Labute approximate surface area is 195 Å². The number of ether oxygens (including phenoxy) is 1. The van der Waals surface area contributed by atoms with Gasteiger partial charge in [0, 0.05) is 60.7 Å². The Kier molecular flexibility index (Phi) is 6.36. The number of rotatable bonds is 8. The van der Waals surface area contributed by atoms with Gasteiger partial charge in [-0.15, -0.1) is 0 Å². The van der Waals surface area contributed by atoms with Gasteiger partial charge in [-0.05, 0) is 48.9 Å². The Hall–Kier alpha value is -2.86. The first kappa shape index (κ1) is 22.0. The van der Waals surface area contributed by atoms with E-state index in [1.807, 2.05) is 12.3 Å². The molecule has 0 amide bonds. The molecule has 2 aromatic heterocycles. The molecule has 0 spiro atoms. The molecule has 3 aromatic rings. The molecule has 174 valence electrons. The van der Waals surface area contributed by atoms with Gasteiger partial charge in [-0.3, -0.25) is 9.29 Å². The molecule has 5 rings (SSSR count). The molecule has 2 aliphatic rings. The summed E-state index contributed by atoms with van der Waals surface area (Å²) in [5.41, 5.74) is 6.11. The minimum atomic E-state index is -0.258. The van der Waals surface area contributed by atoms with Crippen molar-refractivity contribution in [2.24, 2.45) is 0 Å². The van der Waals surface area contributed by atoms with Gasteiger partial charge in [-0.1, -0.05) is 31.7 Å². The summed E-state index contributed by atoms with van der Waals surface area (Å²) in [5.74, 6) is 0.657. The van der Waals surface area contributed by atoms with Crippen LogP contribution in [0.25, 0.3) is 10.9 Å². The highest BCUT2D eigenvalue weighted by Crippen LogP contribution is 2.40. The van der Waals surface area contributed by atoms with Crippen LogP contribution < -0.4 is 4.74 Å². The third kappa shape index (κ3) is 4.36. The van der Waals surface area contributed by atoms with Gasteiger partial charge in [-0.25, -0.2) is 4.98 Å². The Morgan fingerprint density at radius 1 is 1.24 bits per heavy atom. The smallest absolute Gasteiger partial charge is 0.213 e. The van der Waals surface area contributed by atoms with E-state index in [2.05, 4.69) is 63.6 Å². The number of benzene rings is 1. The number of likely N-dealkylation sites (tertiary alicyclic amines) is 1. The zero-order valence-electron chi connectivity index (χ0n) is 19.4. The number of H-pyrrole nitrogens is 1. The SMILES string of the molecule is C=C(CC)N1CCc2c([nH]c3ccccc23)[C@H]1c1ccc(O[C@@H]2CCN(CCCF)C2)nc1. The molecular weight excluding hydrogens is 415 g/mol. The Balaban J connectivity index is 1.38. The second-order valence-electron chi connectivity index (χ2n) is 9.13. The zero-order chi connectivity index (χ0) is 22.8. The number of para-hydroxylation sites is 1. The first-order valence-corrected chi connectivity index (χ1v) is 12.1. The van der Waals surface area contributed by atoms with Crippen molar-refractivity contribution < 1.29 is 9.13 Å². The molecule has 5 nitrogen and oxygen atoms in total. The van der Waals surface area contributed by atoms with E-state index in [1.54, 1.807) is 0 Å². The number of aromatic nitrogens is 2. The zero-order valence-corrected chi connectivity index (χ0v) is 19.4. The molecule has 1 N–H and O–H groups in total. The maximum Gasteiger partial charge on any atom is 0.213 e. The third-order valence-corrected chi connectivity index (χ3v) is 7.05. The predicted octanol–water partition coefficient (Wildman–Crippen LogP) is 5.25. The molecule has 0 bridgehead atoms. The van der Waals surface area contributed by atoms with Gasteiger partial charge in [0.1, 0.15) is 6.10 Å². The van der Waals surface area contributed by atoms with Crippen molar-refractivity contribution in [2.75, 3.05) is 32.9 Å². The van der Waals surface area contributed by atoms with Gasteiger partial charge in [0.2, 0.25) is 5.88 Å². The number of aromatic amines is 1. The highest BCUT2D eigenvalue weighted by atomic mass is 19.1. The summed E-state index contributed by atoms with van der Waals surface area (Å²) in [5, 5.41) is 1.31. The van der Waals surface area contributed by atoms with Crippen molar-refractivity contribution in [3.63, 3.8) is 0 Å². The fourth-order valence-corrected chi connectivity index (χ4v) is 5.30. The Bertz CT molecular complexity index is 1110. The van der Waals surface area contributed by atoms with Crippen molar-refractivity contribution in [1.82, 2.24) is 19.8 Å². The van der Waals surface area contributed by atoms with E-state index in [0.29, 0.717) is 12.3 Å². The van der Waals surface area contributed by atoms with E-state index >= 15 is 0 Å². The molecule has 2 aliphatic heterocycles. The number of allylic oxidation sites excluding steroid dienone is 1. The second kappa shape index (κ2) is 9.56. The van der Waals surface area contributed by atoms with Crippen molar-refractivity contribution >= 4 is 10.9 Å². The number of hydrogen-bond acceptors (Lipinski definition) is 4. The van der Waals surface area contributed by atoms with Crippen LogP contribution in [0.2, 0.25) is 0 Å². The van der Waals surface area contributed by atoms with Crippen LogP contribution in [-0.2, 0) is 6.42 Å². The van der Waals surface area contributed by atoms with Crippen LogP contribution in [0.1, 0.15) is 49.0 Å². The molecule has 1 fully saturated rings. The number of nitrogens with zero attached hydrogens (tertiary/aromatic N) is 3. The van der Waals surface area contributed by atoms with E-state index in [-0.39, 0.29) is 18.8 Å². The molecule has 1 saturated heterocycles. The summed E-state index contributed by atoms with van der Waals surface area (Å²) in [6.45, 7) is 9.80. The lowest BCUT2D eigenvalue weighted by Crippen LogP contribution is -2.35. The maximum atomic E-state index is 12.5. The predicted molar refractivity (Wildman–Crippen MR) is 130 cm³/mol. The Morgan fingerprint density at radius 2 is 2.12 bits per heavy atom. The van der Waals surface area contributed by atoms with E-state index in [4.69, 9.17) is 4.74 Å². The lowest BCUT2D eigenvalue weighted by Gasteiger charge is -2.38. The molecule has 0 saturated carbocycles. The molecule has 2 atom stereocenters. The summed E-state index contributed by atoms with van der Waals surface area (Å²) >= 11 is 0. The van der Waals surface area contributed by atoms with Crippen LogP contribution in [0.5, 0.6) is 5.88 Å². The first-order valence-electron chi connectivity index (χ1n) is 12.1. The van der Waals surface area contributed by atoms with Gasteiger partial charge in [-0.2, -0.15) is 0 Å². The van der Waals surface area contributed by atoms with E-state index < -0.39 is 0 Å². The second-order valence-corrected chi connectivity index (χ2v) is 9.13. The molecule has 4 heterocycles. The number of fused-ring (bicyclic) bond motifs is 3. The van der Waals surface area contributed by atoms with Crippen molar-refractivity contribution in [3.8, 4) is 5.88 Å². The molecule has 0 radical (unpaired) electrons. The summed E-state index contributed by atoms with van der Waals surface area (Å²) in [7, 11) is 0. The average molecular weight is 449 g/mol. The van der Waals surface area contributed by atoms with Crippen LogP contribution >= 0.6 is 0 Å². The summed E-state index contributed by atoms with van der Waals surface area (Å²) in [4.78, 5) is 13.1. The number of hydrogen-bond donors (Lipinski definition) is 1. The van der Waals surface area contributed by atoms with Crippen LogP contribution in [0.15, 0.2) is 54.9 Å². The molecule has 0 unspecified atom stereocenters. The summed E-state index contributed by atoms with van der Waals surface area (Å²) < 4.78 is 18.6. The average Bonchev–Trinajstić information content (AvgIpc) is 3.46. The largest absolute Gasteiger partial charge is 0.473 e. The summed E-state index contributed by atoms with van der Waals surface area (Å²) in [6, 6.07) is 12.7. The van der Waals surface area contributed by atoms with Crippen molar-refractivity contribution in [1.29, 1.82) is 0 Å². The maximum absolute atomic E-state index is 12.5. The fraction of sp³-hybridized carbons (Fsp3) is 0.444. The fourth-order valence-electron chi connectivity index (χ4n) is 5.30. The molecular formula is C27H33FN4O. The van der Waals surface area contributed by atoms with Crippen LogP contribution in [0, 0.1) is 0 Å². The van der Waals surface area contributed by atoms with Gasteiger partial charge in [0.25, 0.3) is 0 Å². The third-order valence-electron chi connectivity index (χ3n) is 7.05. The molecule has 33 heavy (non-hydrogen) atoms. The molecule has 6 heteroatoms. The summed E-state index contributed by atoms with van der Waals surface area (Å²) in [6.07, 6.45) is 5.55. The highest BCUT2D eigenvalue weighted by Gasteiger charge is 2.32. The van der Waals surface area contributed by atoms with Gasteiger partial charge >= 0.3 is 0 Å². The first-order chi connectivity index (χ1) is 16.2. The number of halogens is 1. The quantitative estimate of drug-likeness (QED) is 0.511. The number of alkyl halides is 1. The lowest BCUT2D eigenvalue weighted by molar-refractivity contribution is 0.191. The topological polar surface area (TPSA) is 44.4 Å². The van der Waals surface area contributed by atoms with Gasteiger partial charge < -0.3 is 14.6 Å². The van der Waals surface area contributed by atoms with Crippen LogP contribution in [-0.4, -0.2) is 58.7 Å². The Morgan fingerprint density at radius 3 is 2.91 bits per heavy atom.